The fourth-order valence-corrected chi connectivity index (χ4v) is 3.24. The van der Waals surface area contributed by atoms with Gasteiger partial charge in [-0.1, -0.05) is 36.4 Å². The maximum Gasteiger partial charge on any atom is 0.352 e. The summed E-state index contributed by atoms with van der Waals surface area (Å²) < 4.78 is 34.3. The number of carbonyl (C=O) groups is 1. The molecule has 32 heavy (non-hydrogen) atoms. The van der Waals surface area contributed by atoms with Crippen molar-refractivity contribution in [2.75, 3.05) is 7.11 Å². The fraction of sp³-hybridized carbons (Fsp3) is 0.182. The van der Waals surface area contributed by atoms with Gasteiger partial charge >= 0.3 is 5.69 Å². The molecule has 0 spiro atoms. The van der Waals surface area contributed by atoms with Crippen molar-refractivity contribution in [1.29, 1.82) is 0 Å². The molecule has 2 heterocycles. The molecule has 2 aromatic carbocycles. The number of nitrogens with one attached hydrogen (secondary N) is 1. The lowest BCUT2D eigenvalue weighted by Gasteiger charge is -2.06. The van der Waals surface area contributed by atoms with Crippen molar-refractivity contribution in [3.05, 3.63) is 88.0 Å². The molecule has 0 aliphatic carbocycles. The van der Waals surface area contributed by atoms with Crippen LogP contribution in [-0.2, 0) is 29.2 Å². The molecule has 1 N–H and O–H groups in total. The first-order chi connectivity index (χ1) is 15.5. The monoisotopic (exact) mass is 439 g/mol. The molecule has 0 saturated heterocycles. The van der Waals surface area contributed by atoms with Crippen molar-refractivity contribution in [1.82, 2.24) is 24.5 Å². The van der Waals surface area contributed by atoms with E-state index in [2.05, 4.69) is 15.4 Å². The zero-order chi connectivity index (χ0) is 22.7. The lowest BCUT2D eigenvalue weighted by Crippen LogP contribution is -2.32. The summed E-state index contributed by atoms with van der Waals surface area (Å²) in [5.74, 6) is -1.64. The van der Waals surface area contributed by atoms with Gasteiger partial charge in [0.2, 0.25) is 5.91 Å². The predicted octanol–water partition coefficient (Wildman–Crippen LogP) is 2.30. The Bertz CT molecular complexity index is 1330. The molecule has 2 aromatic heterocycles. The third-order valence-corrected chi connectivity index (χ3v) is 4.73. The highest BCUT2D eigenvalue weighted by Gasteiger charge is 2.17. The van der Waals surface area contributed by atoms with Crippen LogP contribution in [0.2, 0.25) is 0 Å². The Morgan fingerprint density at radius 2 is 1.91 bits per heavy atom. The number of fused-ring (bicyclic) bond motifs is 1. The number of amides is 1. The van der Waals surface area contributed by atoms with Gasteiger partial charge in [-0.3, -0.25) is 4.79 Å². The number of aromatic nitrogens is 4. The number of benzene rings is 2. The fourth-order valence-electron chi connectivity index (χ4n) is 3.24. The van der Waals surface area contributed by atoms with E-state index in [1.165, 1.54) is 17.6 Å². The largest absolute Gasteiger partial charge is 0.378 e. The van der Waals surface area contributed by atoms with E-state index in [1.807, 2.05) is 30.3 Å². The molecule has 0 saturated carbocycles. The summed E-state index contributed by atoms with van der Waals surface area (Å²) in [6.07, 6.45) is 0. The smallest absolute Gasteiger partial charge is 0.352 e. The van der Waals surface area contributed by atoms with Crippen molar-refractivity contribution in [3.8, 4) is 11.4 Å². The average molecular weight is 439 g/mol. The van der Waals surface area contributed by atoms with Crippen molar-refractivity contribution < 1.29 is 18.3 Å². The van der Waals surface area contributed by atoms with E-state index in [-0.39, 0.29) is 25.3 Å². The highest BCUT2D eigenvalue weighted by Crippen LogP contribution is 2.18. The summed E-state index contributed by atoms with van der Waals surface area (Å²) in [6.45, 7) is -0.305. The molecular weight excluding hydrogens is 420 g/mol. The molecule has 0 aliphatic rings. The molecule has 10 heteroatoms. The predicted molar refractivity (Wildman–Crippen MR) is 112 cm³/mol. The second-order valence-electron chi connectivity index (χ2n) is 7.02. The van der Waals surface area contributed by atoms with Crippen LogP contribution in [0, 0.1) is 11.6 Å². The minimum absolute atomic E-state index is 0.127. The van der Waals surface area contributed by atoms with Crippen molar-refractivity contribution in [2.24, 2.45) is 0 Å². The van der Waals surface area contributed by atoms with E-state index in [0.717, 1.165) is 16.8 Å². The number of methoxy groups -OCH3 is 1. The Hall–Kier alpha value is -3.92. The van der Waals surface area contributed by atoms with Gasteiger partial charge in [0.05, 0.1) is 12.3 Å². The van der Waals surface area contributed by atoms with Gasteiger partial charge in [-0.15, -0.1) is 5.10 Å². The van der Waals surface area contributed by atoms with Crippen LogP contribution >= 0.6 is 0 Å². The van der Waals surface area contributed by atoms with E-state index >= 15 is 0 Å². The van der Waals surface area contributed by atoms with Crippen LogP contribution in [0.4, 0.5) is 8.78 Å². The van der Waals surface area contributed by atoms with Gasteiger partial charge in [0.25, 0.3) is 0 Å². The summed E-state index contributed by atoms with van der Waals surface area (Å²) in [4.78, 5) is 29.9. The van der Waals surface area contributed by atoms with Crippen LogP contribution < -0.4 is 11.0 Å². The zero-order valence-corrected chi connectivity index (χ0v) is 17.1. The molecule has 4 aromatic rings. The lowest BCUT2D eigenvalue weighted by molar-refractivity contribution is -0.122. The van der Waals surface area contributed by atoms with Crippen molar-refractivity contribution >= 4 is 11.6 Å². The van der Waals surface area contributed by atoms with Crippen LogP contribution in [0.25, 0.3) is 17.0 Å². The van der Waals surface area contributed by atoms with Crippen molar-refractivity contribution in [3.63, 3.8) is 0 Å². The van der Waals surface area contributed by atoms with E-state index < -0.39 is 23.2 Å². The van der Waals surface area contributed by atoms with E-state index in [1.54, 1.807) is 6.07 Å². The van der Waals surface area contributed by atoms with Gasteiger partial charge in [0.15, 0.2) is 5.65 Å². The number of hydrogen-bond acceptors (Lipinski definition) is 5. The minimum atomic E-state index is -0.764. The Kier molecular flexibility index (Phi) is 6.04. The molecule has 4 rings (SSSR count). The SMILES string of the molecule is COCc1cc2nn(CC(=O)NCc3ccc(F)cc3F)c(=O)n2c(-c2ccccc2)n1. The number of ether oxygens (including phenoxy) is 1. The quantitative estimate of drug-likeness (QED) is 0.477. The summed E-state index contributed by atoms with van der Waals surface area (Å²) in [5.41, 5.74) is 1.18. The highest BCUT2D eigenvalue weighted by molar-refractivity contribution is 5.75. The van der Waals surface area contributed by atoms with Gasteiger partial charge in [-0.05, 0) is 6.07 Å². The first-order valence-electron chi connectivity index (χ1n) is 9.70. The molecule has 164 valence electrons. The summed E-state index contributed by atoms with van der Waals surface area (Å²) >= 11 is 0. The van der Waals surface area contributed by atoms with Gasteiger partial charge in [-0.2, -0.15) is 0 Å². The lowest BCUT2D eigenvalue weighted by atomic mass is 10.2. The van der Waals surface area contributed by atoms with E-state index in [9.17, 15) is 18.4 Å². The highest BCUT2D eigenvalue weighted by atomic mass is 19.1. The molecular formula is C22H19F2N5O3. The van der Waals surface area contributed by atoms with Crippen LogP contribution in [0.3, 0.4) is 0 Å². The molecule has 0 radical (unpaired) electrons. The number of rotatable bonds is 7. The second-order valence-corrected chi connectivity index (χ2v) is 7.02. The maximum atomic E-state index is 13.8. The maximum absolute atomic E-state index is 13.8. The van der Waals surface area contributed by atoms with Gasteiger partial charge in [-0.25, -0.2) is 27.6 Å². The van der Waals surface area contributed by atoms with Gasteiger partial charge in [0.1, 0.15) is 24.0 Å². The molecule has 1 amide bonds. The Morgan fingerprint density at radius 3 is 2.62 bits per heavy atom. The number of hydrogen-bond donors (Lipinski definition) is 1. The standard InChI is InChI=1S/C22H19F2N5O3/c1-32-13-17-10-19-27-28(12-20(30)25-11-15-7-8-16(23)9-18(15)24)22(31)29(19)21(26-17)14-5-3-2-4-6-14/h2-10H,11-13H2,1H3,(H,25,30). The third kappa shape index (κ3) is 4.40. The first kappa shape index (κ1) is 21.3. The van der Waals surface area contributed by atoms with Gasteiger partial charge < -0.3 is 10.1 Å². The van der Waals surface area contributed by atoms with Crippen LogP contribution in [0.1, 0.15) is 11.3 Å². The van der Waals surface area contributed by atoms with Crippen LogP contribution in [-0.4, -0.2) is 32.2 Å². The Balaban J connectivity index is 1.62. The van der Waals surface area contributed by atoms with E-state index in [0.29, 0.717) is 22.7 Å². The zero-order valence-electron chi connectivity index (χ0n) is 17.1. The van der Waals surface area contributed by atoms with Crippen molar-refractivity contribution in [2.45, 2.75) is 19.7 Å². The molecule has 0 aliphatic heterocycles. The first-order valence-corrected chi connectivity index (χ1v) is 9.70. The number of carbonyl (C=O) groups excluding carboxylic acids is 1. The topological polar surface area (TPSA) is 90.5 Å². The summed E-state index contributed by atoms with van der Waals surface area (Å²) in [5, 5.41) is 6.76. The van der Waals surface area contributed by atoms with Crippen LogP contribution in [0.15, 0.2) is 59.4 Å². The Morgan fingerprint density at radius 1 is 1.12 bits per heavy atom. The van der Waals surface area contributed by atoms with Crippen LogP contribution in [0.5, 0.6) is 0 Å². The van der Waals surface area contributed by atoms with Gasteiger partial charge in [0, 0.05) is 36.9 Å². The number of halogens is 2. The molecule has 0 fully saturated rings. The molecule has 8 nitrogen and oxygen atoms in total. The van der Waals surface area contributed by atoms with E-state index in [4.69, 9.17) is 4.74 Å². The molecule has 0 bridgehead atoms. The average Bonchev–Trinajstić information content (AvgIpc) is 3.08. The summed E-state index contributed by atoms with van der Waals surface area (Å²) in [6, 6.07) is 13.8. The summed E-state index contributed by atoms with van der Waals surface area (Å²) in [7, 11) is 1.53. The number of nitrogens with zero attached hydrogens (tertiary/aromatic N) is 4. The molecule has 0 unspecified atom stereocenters. The molecule has 0 atom stereocenters. The third-order valence-electron chi connectivity index (χ3n) is 4.73. The minimum Gasteiger partial charge on any atom is -0.378 e. The Labute approximate surface area is 181 Å². The normalized spacial score (nSPS) is 11.1. The second kappa shape index (κ2) is 9.06.